The van der Waals surface area contributed by atoms with Crippen LogP contribution in [0.1, 0.15) is 5.69 Å². The molecule has 0 unspecified atom stereocenters. The minimum atomic E-state index is -5.84. The molecule has 0 fully saturated rings. The minimum absolute atomic E-state index is 0.219. The van der Waals surface area contributed by atoms with Crippen molar-refractivity contribution in [1.82, 2.24) is 9.97 Å². The number of rotatable bonds is 5. The van der Waals surface area contributed by atoms with Crippen LogP contribution in [-0.4, -0.2) is 40.6 Å². The van der Waals surface area contributed by atoms with Gasteiger partial charge in [-0.25, -0.2) is 4.98 Å². The Morgan fingerprint density at radius 2 is 1.86 bits per heavy atom. The number of aromatic nitrogens is 2. The first-order valence-corrected chi connectivity index (χ1v) is 5.27. The monoisotopic (exact) mass is 316 g/mol. The van der Waals surface area contributed by atoms with E-state index in [4.69, 9.17) is 0 Å². The molecule has 0 aromatic carbocycles. The highest BCUT2D eigenvalue weighted by atomic mass is 19.4. The summed E-state index contributed by atoms with van der Waals surface area (Å²) in [5.74, 6) is -6.36. The van der Waals surface area contributed by atoms with Gasteiger partial charge in [0.05, 0.1) is 4.92 Å². The molecule has 0 saturated heterocycles. The predicted molar refractivity (Wildman–Crippen MR) is 59.5 cm³/mol. The standard InChI is InChI=1S/C9H9F5N4O3/c1-4-5(18(19)20)6(17-7(15-2)16-4)21-3-8(10,11)9(12,13)14/h3H2,1-2H3,(H,15,16,17). The SMILES string of the molecule is CNc1nc(C)c([N+](=O)[O-])c(OCC(F)(F)C(F)(F)F)n1. The molecule has 1 aromatic rings. The van der Waals surface area contributed by atoms with Crippen molar-refractivity contribution in [3.8, 4) is 5.88 Å². The van der Waals surface area contributed by atoms with Crippen molar-refractivity contribution in [2.24, 2.45) is 0 Å². The zero-order chi connectivity index (χ0) is 16.4. The molecule has 1 N–H and O–H groups in total. The Bertz CT molecular complexity index is 549. The van der Waals surface area contributed by atoms with Crippen molar-refractivity contribution in [2.45, 2.75) is 19.0 Å². The summed E-state index contributed by atoms with van der Waals surface area (Å²) in [7, 11) is 1.33. The number of alkyl halides is 5. The van der Waals surface area contributed by atoms with Gasteiger partial charge in [0.2, 0.25) is 5.95 Å². The summed E-state index contributed by atoms with van der Waals surface area (Å²) in [6.07, 6.45) is -5.84. The van der Waals surface area contributed by atoms with Gasteiger partial charge < -0.3 is 10.1 Å². The van der Waals surface area contributed by atoms with E-state index in [0.717, 1.165) is 6.92 Å². The molecular formula is C9H9F5N4O3. The van der Waals surface area contributed by atoms with Gasteiger partial charge in [-0.05, 0) is 6.92 Å². The summed E-state index contributed by atoms with van der Waals surface area (Å²) in [5, 5.41) is 13.1. The van der Waals surface area contributed by atoms with Gasteiger partial charge in [0.1, 0.15) is 5.69 Å². The maximum Gasteiger partial charge on any atom is 0.456 e. The summed E-state index contributed by atoms with van der Waals surface area (Å²) >= 11 is 0. The summed E-state index contributed by atoms with van der Waals surface area (Å²) in [6.45, 7) is -0.966. The van der Waals surface area contributed by atoms with Crippen LogP contribution in [0.5, 0.6) is 5.88 Å². The Hall–Kier alpha value is -2.27. The quantitative estimate of drug-likeness (QED) is 0.509. The molecule has 0 aliphatic carbocycles. The van der Waals surface area contributed by atoms with Crippen molar-refractivity contribution in [3.63, 3.8) is 0 Å². The summed E-state index contributed by atoms with van der Waals surface area (Å²) < 4.78 is 65.7. The second-order valence-corrected chi connectivity index (χ2v) is 3.78. The molecular weight excluding hydrogens is 307 g/mol. The van der Waals surface area contributed by atoms with Crippen LogP contribution < -0.4 is 10.1 Å². The molecule has 1 heterocycles. The second-order valence-electron chi connectivity index (χ2n) is 3.78. The third-order valence-electron chi connectivity index (χ3n) is 2.24. The molecule has 118 valence electrons. The number of hydrogen-bond donors (Lipinski definition) is 1. The Labute approximate surface area is 114 Å². The third kappa shape index (κ3) is 3.64. The smallest absolute Gasteiger partial charge is 0.456 e. The Balaban J connectivity index is 3.13. The molecule has 0 aliphatic heterocycles. The zero-order valence-electron chi connectivity index (χ0n) is 10.7. The van der Waals surface area contributed by atoms with Crippen LogP contribution in [0, 0.1) is 17.0 Å². The van der Waals surface area contributed by atoms with E-state index in [0.29, 0.717) is 0 Å². The summed E-state index contributed by atoms with van der Waals surface area (Å²) in [5.41, 5.74) is -1.13. The number of nitro groups is 1. The first kappa shape index (κ1) is 16.8. The van der Waals surface area contributed by atoms with Crippen molar-refractivity contribution in [3.05, 3.63) is 15.8 Å². The van der Waals surface area contributed by atoms with E-state index in [-0.39, 0.29) is 11.6 Å². The van der Waals surface area contributed by atoms with E-state index in [2.05, 4.69) is 20.0 Å². The van der Waals surface area contributed by atoms with Gasteiger partial charge in [0.25, 0.3) is 5.88 Å². The van der Waals surface area contributed by atoms with Gasteiger partial charge in [-0.3, -0.25) is 10.1 Å². The fourth-order valence-corrected chi connectivity index (χ4v) is 1.20. The lowest BCUT2D eigenvalue weighted by Crippen LogP contribution is -2.42. The minimum Gasteiger partial charge on any atom is -0.466 e. The number of ether oxygens (including phenoxy) is 1. The maximum absolute atomic E-state index is 12.8. The van der Waals surface area contributed by atoms with E-state index in [1.807, 2.05) is 0 Å². The molecule has 0 atom stereocenters. The largest absolute Gasteiger partial charge is 0.466 e. The molecule has 0 radical (unpaired) electrons. The van der Waals surface area contributed by atoms with E-state index in [1.165, 1.54) is 7.05 Å². The van der Waals surface area contributed by atoms with Crippen molar-refractivity contribution >= 4 is 11.6 Å². The van der Waals surface area contributed by atoms with Crippen LogP contribution >= 0.6 is 0 Å². The molecule has 0 spiro atoms. The molecule has 0 saturated carbocycles. The summed E-state index contributed by atoms with van der Waals surface area (Å²) in [4.78, 5) is 16.7. The van der Waals surface area contributed by atoms with Crippen LogP contribution in [0.3, 0.4) is 0 Å². The van der Waals surface area contributed by atoms with Gasteiger partial charge in [0, 0.05) is 7.05 Å². The molecule has 0 aliphatic rings. The van der Waals surface area contributed by atoms with Crippen LogP contribution in [0.4, 0.5) is 33.6 Å². The van der Waals surface area contributed by atoms with Crippen LogP contribution in [0.2, 0.25) is 0 Å². The molecule has 1 aromatic heterocycles. The van der Waals surface area contributed by atoms with Gasteiger partial charge in [-0.2, -0.15) is 26.9 Å². The number of aryl methyl sites for hydroxylation is 1. The Morgan fingerprint density at radius 1 is 1.29 bits per heavy atom. The zero-order valence-corrected chi connectivity index (χ0v) is 10.7. The Kier molecular flexibility index (Phi) is 4.49. The Morgan fingerprint density at radius 3 is 2.29 bits per heavy atom. The van der Waals surface area contributed by atoms with Crippen molar-refractivity contribution < 1.29 is 31.6 Å². The van der Waals surface area contributed by atoms with E-state index in [9.17, 15) is 32.1 Å². The van der Waals surface area contributed by atoms with Gasteiger partial charge in [-0.15, -0.1) is 0 Å². The van der Waals surface area contributed by atoms with Crippen LogP contribution in [-0.2, 0) is 0 Å². The highest BCUT2D eigenvalue weighted by molar-refractivity contribution is 5.48. The van der Waals surface area contributed by atoms with Crippen molar-refractivity contribution in [2.75, 3.05) is 19.0 Å². The average molecular weight is 316 g/mol. The van der Waals surface area contributed by atoms with E-state index in [1.54, 1.807) is 0 Å². The lowest BCUT2D eigenvalue weighted by Gasteiger charge is -2.19. The van der Waals surface area contributed by atoms with Crippen LogP contribution in [0.15, 0.2) is 0 Å². The second kappa shape index (κ2) is 5.61. The maximum atomic E-state index is 12.8. The van der Waals surface area contributed by atoms with Gasteiger partial charge in [-0.1, -0.05) is 0 Å². The van der Waals surface area contributed by atoms with E-state index < -0.39 is 35.2 Å². The molecule has 12 heteroatoms. The number of halogens is 5. The first-order valence-electron chi connectivity index (χ1n) is 5.27. The number of nitrogens with one attached hydrogen (secondary N) is 1. The fraction of sp³-hybridized carbons (Fsp3) is 0.556. The summed E-state index contributed by atoms with van der Waals surface area (Å²) in [6, 6.07) is 0. The lowest BCUT2D eigenvalue weighted by molar-refractivity contribution is -0.387. The first-order chi connectivity index (χ1) is 9.49. The average Bonchev–Trinajstić information content (AvgIpc) is 2.33. The molecule has 1 rings (SSSR count). The third-order valence-corrected chi connectivity index (χ3v) is 2.24. The van der Waals surface area contributed by atoms with Gasteiger partial charge in [0.15, 0.2) is 6.61 Å². The molecule has 0 bridgehead atoms. The number of nitrogens with zero attached hydrogens (tertiary/aromatic N) is 3. The highest BCUT2D eigenvalue weighted by Gasteiger charge is 2.58. The molecule has 7 nitrogen and oxygen atoms in total. The van der Waals surface area contributed by atoms with Gasteiger partial charge >= 0.3 is 17.8 Å². The molecule has 21 heavy (non-hydrogen) atoms. The normalized spacial score (nSPS) is 12.1. The van der Waals surface area contributed by atoms with E-state index >= 15 is 0 Å². The van der Waals surface area contributed by atoms with Crippen molar-refractivity contribution in [1.29, 1.82) is 0 Å². The van der Waals surface area contributed by atoms with Crippen LogP contribution in [0.25, 0.3) is 0 Å². The fourth-order valence-electron chi connectivity index (χ4n) is 1.20. The highest BCUT2D eigenvalue weighted by Crippen LogP contribution is 2.37. The topological polar surface area (TPSA) is 90.2 Å². The number of anilines is 1. The number of hydrogen-bond acceptors (Lipinski definition) is 6. The predicted octanol–water partition coefficient (Wildman–Crippen LogP) is 2.31. The molecule has 0 amide bonds. The lowest BCUT2D eigenvalue weighted by atomic mass is 10.3.